The van der Waals surface area contributed by atoms with Crippen molar-refractivity contribution < 1.29 is 14.7 Å². The van der Waals surface area contributed by atoms with Crippen LogP contribution in [0.15, 0.2) is 35.0 Å². The van der Waals surface area contributed by atoms with Crippen LogP contribution in [0.3, 0.4) is 0 Å². The standard InChI is InChI=1S/C15H18N2O3/c1-15(2,3)17(19)9-11-7-10-8-12(20-4)5-6-13(10)16-14(11)18/h5-9,19H,1-4H3. The van der Waals surface area contributed by atoms with Crippen LogP contribution in [0.5, 0.6) is 5.75 Å². The van der Waals surface area contributed by atoms with Gasteiger partial charge in [0.2, 0.25) is 0 Å². The first-order valence-electron chi connectivity index (χ1n) is 6.30. The number of ether oxygens (including phenoxy) is 1. The second-order valence-electron chi connectivity index (χ2n) is 5.59. The molecule has 1 aromatic rings. The largest absolute Gasteiger partial charge is 0.497 e. The van der Waals surface area contributed by atoms with Gasteiger partial charge in [-0.25, -0.2) is 4.99 Å². The maximum absolute atomic E-state index is 11.9. The van der Waals surface area contributed by atoms with E-state index in [4.69, 9.17) is 4.74 Å². The first-order chi connectivity index (χ1) is 9.31. The minimum absolute atomic E-state index is 0.336. The molecule has 1 amide bonds. The molecule has 1 heterocycles. The van der Waals surface area contributed by atoms with Crippen LogP contribution in [0.25, 0.3) is 6.08 Å². The maximum atomic E-state index is 11.9. The zero-order valence-electron chi connectivity index (χ0n) is 12.0. The normalized spacial score (nSPS) is 16.2. The number of nitrogens with zero attached hydrogens (tertiary/aromatic N) is 2. The summed E-state index contributed by atoms with van der Waals surface area (Å²) in [7, 11) is 1.58. The number of methoxy groups -OCH3 is 1. The lowest BCUT2D eigenvalue weighted by molar-refractivity contribution is -0.118. The van der Waals surface area contributed by atoms with E-state index in [1.165, 1.54) is 6.20 Å². The number of rotatable bonds is 2. The molecule has 0 spiro atoms. The van der Waals surface area contributed by atoms with Gasteiger partial charge in [0, 0.05) is 11.4 Å². The number of carbonyl (C=O) groups is 1. The number of hydrogen-bond acceptors (Lipinski definition) is 4. The zero-order valence-corrected chi connectivity index (χ0v) is 12.0. The quantitative estimate of drug-likeness (QED) is 0.646. The van der Waals surface area contributed by atoms with Gasteiger partial charge in [-0.05, 0) is 45.0 Å². The van der Waals surface area contributed by atoms with Crippen molar-refractivity contribution in [2.75, 3.05) is 7.11 Å². The van der Waals surface area contributed by atoms with Gasteiger partial charge in [-0.2, -0.15) is 0 Å². The highest BCUT2D eigenvalue weighted by molar-refractivity contribution is 6.02. The van der Waals surface area contributed by atoms with Crippen LogP contribution in [0.2, 0.25) is 0 Å². The molecule has 0 bridgehead atoms. The van der Waals surface area contributed by atoms with E-state index in [0.29, 0.717) is 16.7 Å². The number of fused-ring (bicyclic) bond motifs is 1. The number of amides is 1. The predicted octanol–water partition coefficient (Wildman–Crippen LogP) is 1.01. The van der Waals surface area contributed by atoms with E-state index in [2.05, 4.69) is 4.99 Å². The lowest BCUT2D eigenvalue weighted by Crippen LogP contribution is -2.36. The Hall–Kier alpha value is -2.14. The van der Waals surface area contributed by atoms with Gasteiger partial charge in [-0.3, -0.25) is 15.1 Å². The van der Waals surface area contributed by atoms with Crippen molar-refractivity contribution in [2.45, 2.75) is 26.3 Å². The maximum Gasteiger partial charge on any atom is 0.279 e. The van der Waals surface area contributed by atoms with E-state index in [1.54, 1.807) is 31.4 Å². The van der Waals surface area contributed by atoms with Crippen LogP contribution < -0.4 is 15.3 Å². The number of hydrogen-bond donors (Lipinski definition) is 1. The van der Waals surface area contributed by atoms with Crippen LogP contribution in [0.4, 0.5) is 0 Å². The Labute approximate surface area is 117 Å². The lowest BCUT2D eigenvalue weighted by atomic mass is 10.1. The highest BCUT2D eigenvalue weighted by atomic mass is 16.5. The van der Waals surface area contributed by atoms with Gasteiger partial charge < -0.3 is 4.74 Å². The van der Waals surface area contributed by atoms with Gasteiger partial charge in [0.05, 0.1) is 23.6 Å². The molecule has 0 saturated carbocycles. The van der Waals surface area contributed by atoms with Crippen molar-refractivity contribution in [3.8, 4) is 5.75 Å². The molecule has 0 fully saturated rings. The van der Waals surface area contributed by atoms with E-state index in [0.717, 1.165) is 10.3 Å². The first kappa shape index (κ1) is 14.3. The monoisotopic (exact) mass is 274 g/mol. The number of carbonyl (C=O) groups excluding carboxylic acids is 1. The van der Waals surface area contributed by atoms with E-state index in [9.17, 15) is 10.0 Å². The Kier molecular flexibility index (Phi) is 3.63. The molecule has 20 heavy (non-hydrogen) atoms. The lowest BCUT2D eigenvalue weighted by Gasteiger charge is -2.28. The fraction of sp³-hybridized carbons (Fsp3) is 0.333. The van der Waals surface area contributed by atoms with Crippen molar-refractivity contribution in [1.82, 2.24) is 5.06 Å². The number of hydroxylamine groups is 2. The van der Waals surface area contributed by atoms with E-state index in [1.807, 2.05) is 20.8 Å². The Morgan fingerprint density at radius 1 is 1.35 bits per heavy atom. The molecule has 0 saturated heterocycles. The average Bonchev–Trinajstić information content (AvgIpc) is 2.38. The average molecular weight is 274 g/mol. The van der Waals surface area contributed by atoms with Crippen molar-refractivity contribution >= 4 is 12.0 Å². The van der Waals surface area contributed by atoms with Gasteiger partial charge in [0.1, 0.15) is 5.75 Å². The molecule has 1 aliphatic heterocycles. The van der Waals surface area contributed by atoms with E-state index >= 15 is 0 Å². The fourth-order valence-electron chi connectivity index (χ4n) is 1.70. The van der Waals surface area contributed by atoms with Crippen LogP contribution in [-0.4, -0.2) is 28.8 Å². The molecule has 106 valence electrons. The third-order valence-corrected chi connectivity index (χ3v) is 2.96. The van der Waals surface area contributed by atoms with Gasteiger partial charge in [0.15, 0.2) is 0 Å². The van der Waals surface area contributed by atoms with Crippen molar-refractivity contribution in [3.63, 3.8) is 0 Å². The summed E-state index contributed by atoms with van der Waals surface area (Å²) in [6.07, 6.45) is 3.09. The minimum Gasteiger partial charge on any atom is -0.497 e. The fourth-order valence-corrected chi connectivity index (χ4v) is 1.70. The summed E-state index contributed by atoms with van der Waals surface area (Å²) in [6.45, 7) is 5.52. The summed E-state index contributed by atoms with van der Waals surface area (Å²) in [5.74, 6) is 0.326. The summed E-state index contributed by atoms with van der Waals surface area (Å²) >= 11 is 0. The summed E-state index contributed by atoms with van der Waals surface area (Å²) in [6, 6.07) is 5.30. The summed E-state index contributed by atoms with van der Waals surface area (Å²) < 4.78 is 5.15. The van der Waals surface area contributed by atoms with Gasteiger partial charge in [-0.1, -0.05) is 0 Å². The molecule has 0 aliphatic carbocycles. The molecule has 5 nitrogen and oxygen atoms in total. The highest BCUT2D eigenvalue weighted by Crippen LogP contribution is 2.14. The van der Waals surface area contributed by atoms with Gasteiger partial charge in [-0.15, -0.1) is 0 Å². The summed E-state index contributed by atoms with van der Waals surface area (Å²) in [4.78, 5) is 15.9. The van der Waals surface area contributed by atoms with Crippen LogP contribution >= 0.6 is 0 Å². The Morgan fingerprint density at radius 3 is 2.65 bits per heavy atom. The zero-order chi connectivity index (χ0) is 14.9. The Balaban J connectivity index is 2.50. The van der Waals surface area contributed by atoms with Crippen LogP contribution in [0.1, 0.15) is 20.8 Å². The van der Waals surface area contributed by atoms with Crippen molar-refractivity contribution in [3.05, 3.63) is 40.5 Å². The van der Waals surface area contributed by atoms with E-state index < -0.39 is 5.54 Å². The topological polar surface area (TPSA) is 62.1 Å². The molecule has 0 unspecified atom stereocenters. The van der Waals surface area contributed by atoms with E-state index in [-0.39, 0.29) is 5.91 Å². The molecule has 0 radical (unpaired) electrons. The Bertz CT molecular complexity index is 684. The molecule has 1 N–H and O–H groups in total. The first-order valence-corrected chi connectivity index (χ1v) is 6.30. The number of benzene rings is 1. The van der Waals surface area contributed by atoms with Crippen molar-refractivity contribution in [1.29, 1.82) is 0 Å². The summed E-state index contributed by atoms with van der Waals surface area (Å²) in [5.41, 5.74) is -0.154. The predicted molar refractivity (Wildman–Crippen MR) is 74.7 cm³/mol. The molecule has 0 atom stereocenters. The van der Waals surface area contributed by atoms with Gasteiger partial charge in [0.25, 0.3) is 5.91 Å². The molecule has 0 aromatic heterocycles. The second-order valence-corrected chi connectivity index (χ2v) is 5.59. The van der Waals surface area contributed by atoms with Gasteiger partial charge >= 0.3 is 0 Å². The molecule has 5 heteroatoms. The highest BCUT2D eigenvalue weighted by Gasteiger charge is 2.19. The Morgan fingerprint density at radius 2 is 2.05 bits per heavy atom. The third-order valence-electron chi connectivity index (χ3n) is 2.96. The smallest absolute Gasteiger partial charge is 0.279 e. The molecular weight excluding hydrogens is 256 g/mol. The molecule has 2 rings (SSSR count). The van der Waals surface area contributed by atoms with Crippen LogP contribution in [-0.2, 0) is 4.79 Å². The second kappa shape index (κ2) is 5.09. The molecule has 1 aromatic carbocycles. The van der Waals surface area contributed by atoms with Crippen LogP contribution in [0, 0.1) is 0 Å². The SMILES string of the molecule is COc1ccc2c(c1)=CC(=CN(O)C(C)(C)C)C(=O)N=2. The minimum atomic E-state index is -0.490. The third kappa shape index (κ3) is 2.88. The summed E-state index contributed by atoms with van der Waals surface area (Å²) in [5, 5.41) is 12.3. The molecule has 1 aliphatic rings. The van der Waals surface area contributed by atoms with Crippen molar-refractivity contribution in [2.24, 2.45) is 4.99 Å². The molecular formula is C15H18N2O3.